The second-order valence-corrected chi connectivity index (χ2v) is 6.69. The van der Waals surface area contributed by atoms with Gasteiger partial charge in [-0.3, -0.25) is 0 Å². The first-order chi connectivity index (χ1) is 9.97. The Hall–Kier alpha value is -1.39. The van der Waals surface area contributed by atoms with Crippen molar-refractivity contribution in [2.45, 2.75) is 46.1 Å². The standard InChI is InChI=1S/C17H24N2OS/c1-5-9-13-15(17(3,4)18)21-16(19-13)12-10-7-8-11-14(12)20-6-2/h7-8,10-11H,5-6,9,18H2,1-4H3. The van der Waals surface area contributed by atoms with Crippen LogP contribution in [-0.2, 0) is 12.0 Å². The van der Waals surface area contributed by atoms with Crippen molar-refractivity contribution in [2.75, 3.05) is 6.61 Å². The van der Waals surface area contributed by atoms with Crippen molar-refractivity contribution in [3.8, 4) is 16.3 Å². The number of aromatic nitrogens is 1. The lowest BCUT2D eigenvalue weighted by Gasteiger charge is -2.17. The van der Waals surface area contributed by atoms with Crippen molar-refractivity contribution in [3.05, 3.63) is 34.8 Å². The molecule has 0 fully saturated rings. The van der Waals surface area contributed by atoms with Crippen LogP contribution in [0.2, 0.25) is 0 Å². The minimum Gasteiger partial charge on any atom is -0.493 e. The van der Waals surface area contributed by atoms with Crippen LogP contribution in [0.5, 0.6) is 5.75 Å². The fourth-order valence-electron chi connectivity index (χ4n) is 2.30. The molecule has 0 aliphatic heterocycles. The van der Waals surface area contributed by atoms with Crippen molar-refractivity contribution < 1.29 is 4.74 Å². The van der Waals surface area contributed by atoms with Gasteiger partial charge in [-0.05, 0) is 39.3 Å². The topological polar surface area (TPSA) is 48.1 Å². The van der Waals surface area contributed by atoms with Crippen molar-refractivity contribution in [3.63, 3.8) is 0 Å². The summed E-state index contributed by atoms with van der Waals surface area (Å²) in [5, 5.41) is 0.996. The molecule has 2 N–H and O–H groups in total. The summed E-state index contributed by atoms with van der Waals surface area (Å²) in [6.07, 6.45) is 2.03. The zero-order valence-corrected chi connectivity index (χ0v) is 14.1. The molecule has 1 aromatic carbocycles. The summed E-state index contributed by atoms with van der Waals surface area (Å²) in [6.45, 7) is 8.89. The van der Waals surface area contributed by atoms with E-state index >= 15 is 0 Å². The zero-order chi connectivity index (χ0) is 15.5. The van der Waals surface area contributed by atoms with E-state index in [2.05, 4.69) is 13.0 Å². The molecule has 0 bridgehead atoms. The van der Waals surface area contributed by atoms with Gasteiger partial charge in [0.15, 0.2) is 0 Å². The number of nitrogens with two attached hydrogens (primary N) is 1. The first kappa shape index (κ1) is 16.0. The molecular formula is C17H24N2OS. The largest absolute Gasteiger partial charge is 0.493 e. The van der Waals surface area contributed by atoms with Gasteiger partial charge >= 0.3 is 0 Å². The van der Waals surface area contributed by atoms with Crippen LogP contribution >= 0.6 is 11.3 Å². The molecule has 0 saturated carbocycles. The average molecular weight is 304 g/mol. The molecule has 21 heavy (non-hydrogen) atoms. The lowest BCUT2D eigenvalue weighted by atomic mass is 10.0. The van der Waals surface area contributed by atoms with E-state index in [1.807, 2.05) is 39.0 Å². The molecule has 0 atom stereocenters. The fourth-order valence-corrected chi connectivity index (χ4v) is 3.46. The molecule has 0 aliphatic carbocycles. The Kier molecular flexibility index (Phi) is 5.01. The minimum atomic E-state index is -0.360. The number of para-hydroxylation sites is 1. The molecule has 2 rings (SSSR count). The Morgan fingerprint density at radius 3 is 2.57 bits per heavy atom. The quantitative estimate of drug-likeness (QED) is 0.863. The predicted octanol–water partition coefficient (Wildman–Crippen LogP) is 4.36. The van der Waals surface area contributed by atoms with Gasteiger partial charge in [-0.15, -0.1) is 11.3 Å². The molecule has 0 radical (unpaired) electrons. The molecule has 2 aromatic rings. The lowest BCUT2D eigenvalue weighted by Crippen LogP contribution is -2.28. The zero-order valence-electron chi connectivity index (χ0n) is 13.3. The van der Waals surface area contributed by atoms with Crippen molar-refractivity contribution in [1.82, 2.24) is 4.98 Å². The van der Waals surface area contributed by atoms with E-state index in [-0.39, 0.29) is 5.54 Å². The van der Waals surface area contributed by atoms with Gasteiger partial charge in [0.2, 0.25) is 0 Å². The molecule has 0 unspecified atom stereocenters. The Bertz CT molecular complexity index is 599. The van der Waals surface area contributed by atoms with Gasteiger partial charge in [0, 0.05) is 10.4 Å². The summed E-state index contributed by atoms with van der Waals surface area (Å²) < 4.78 is 5.72. The van der Waals surface area contributed by atoms with E-state index in [9.17, 15) is 0 Å². The predicted molar refractivity (Wildman–Crippen MR) is 89.9 cm³/mol. The number of hydrogen-bond donors (Lipinski definition) is 1. The summed E-state index contributed by atoms with van der Waals surface area (Å²) in [5.41, 5.74) is 8.13. The SMILES string of the molecule is CCCc1nc(-c2ccccc2OCC)sc1C(C)(C)N. The van der Waals surface area contributed by atoms with Gasteiger partial charge in [0.25, 0.3) is 0 Å². The Balaban J connectivity index is 2.50. The molecular weight excluding hydrogens is 280 g/mol. The molecule has 114 valence electrons. The number of nitrogens with zero attached hydrogens (tertiary/aromatic N) is 1. The molecule has 0 amide bonds. The molecule has 0 aliphatic rings. The van der Waals surface area contributed by atoms with Gasteiger partial charge in [-0.25, -0.2) is 4.98 Å². The third kappa shape index (κ3) is 3.63. The van der Waals surface area contributed by atoms with Crippen molar-refractivity contribution in [1.29, 1.82) is 0 Å². The molecule has 4 heteroatoms. The van der Waals surface area contributed by atoms with Crippen molar-refractivity contribution in [2.24, 2.45) is 5.73 Å². The molecule has 0 spiro atoms. The van der Waals surface area contributed by atoms with Gasteiger partial charge in [-0.1, -0.05) is 25.5 Å². The second-order valence-electron chi connectivity index (χ2n) is 5.70. The number of ether oxygens (including phenoxy) is 1. The summed E-state index contributed by atoms with van der Waals surface area (Å²) in [4.78, 5) is 6.01. The van der Waals surface area contributed by atoms with Crippen LogP contribution in [0.3, 0.4) is 0 Å². The van der Waals surface area contributed by atoms with Crippen molar-refractivity contribution >= 4 is 11.3 Å². The minimum absolute atomic E-state index is 0.360. The van der Waals surface area contributed by atoms with Crippen LogP contribution in [0.4, 0.5) is 0 Å². The highest BCUT2D eigenvalue weighted by molar-refractivity contribution is 7.15. The first-order valence-electron chi connectivity index (χ1n) is 7.48. The van der Waals surface area contributed by atoms with Crippen LogP contribution in [0.1, 0.15) is 44.7 Å². The average Bonchev–Trinajstić information content (AvgIpc) is 2.84. The highest BCUT2D eigenvalue weighted by atomic mass is 32.1. The smallest absolute Gasteiger partial charge is 0.129 e. The van der Waals surface area contributed by atoms with E-state index in [1.54, 1.807) is 11.3 Å². The monoisotopic (exact) mass is 304 g/mol. The maximum atomic E-state index is 6.32. The summed E-state index contributed by atoms with van der Waals surface area (Å²) in [6, 6.07) is 8.06. The lowest BCUT2D eigenvalue weighted by molar-refractivity contribution is 0.341. The van der Waals surface area contributed by atoms with E-state index in [1.165, 1.54) is 4.88 Å². The van der Waals surface area contributed by atoms with Gasteiger partial charge < -0.3 is 10.5 Å². The van der Waals surface area contributed by atoms with E-state index in [4.69, 9.17) is 15.5 Å². The Morgan fingerprint density at radius 1 is 1.24 bits per heavy atom. The maximum absolute atomic E-state index is 6.32. The number of benzene rings is 1. The Labute approximate surface area is 131 Å². The second kappa shape index (κ2) is 6.58. The fraction of sp³-hybridized carbons (Fsp3) is 0.471. The van der Waals surface area contributed by atoms with Crippen LogP contribution in [0.25, 0.3) is 10.6 Å². The Morgan fingerprint density at radius 2 is 1.95 bits per heavy atom. The summed E-state index contributed by atoms with van der Waals surface area (Å²) >= 11 is 1.68. The van der Waals surface area contributed by atoms with E-state index in [0.29, 0.717) is 6.61 Å². The molecule has 1 heterocycles. The highest BCUT2D eigenvalue weighted by Gasteiger charge is 2.24. The van der Waals surface area contributed by atoms with Crippen LogP contribution in [-0.4, -0.2) is 11.6 Å². The highest BCUT2D eigenvalue weighted by Crippen LogP contribution is 2.38. The number of aryl methyl sites for hydroxylation is 1. The van der Waals surface area contributed by atoms with E-state index < -0.39 is 0 Å². The van der Waals surface area contributed by atoms with Gasteiger partial charge in [-0.2, -0.15) is 0 Å². The molecule has 3 nitrogen and oxygen atoms in total. The van der Waals surface area contributed by atoms with Gasteiger partial charge in [0.05, 0.1) is 17.9 Å². The number of hydrogen-bond acceptors (Lipinski definition) is 4. The van der Waals surface area contributed by atoms with Crippen LogP contribution in [0, 0.1) is 0 Å². The molecule has 0 saturated heterocycles. The third-order valence-electron chi connectivity index (χ3n) is 3.19. The van der Waals surface area contributed by atoms with Crippen LogP contribution < -0.4 is 10.5 Å². The first-order valence-corrected chi connectivity index (χ1v) is 8.30. The number of thiazole rings is 1. The maximum Gasteiger partial charge on any atom is 0.129 e. The summed E-state index contributed by atoms with van der Waals surface area (Å²) in [7, 11) is 0. The molecule has 1 aromatic heterocycles. The normalized spacial score (nSPS) is 11.7. The van der Waals surface area contributed by atoms with Crippen LogP contribution in [0.15, 0.2) is 24.3 Å². The van der Waals surface area contributed by atoms with E-state index in [0.717, 1.165) is 34.9 Å². The number of rotatable bonds is 6. The third-order valence-corrected chi connectivity index (χ3v) is 4.66. The van der Waals surface area contributed by atoms with Gasteiger partial charge in [0.1, 0.15) is 10.8 Å². The summed E-state index contributed by atoms with van der Waals surface area (Å²) in [5.74, 6) is 0.887.